The molecule has 24 heteroatoms. The molecule has 4 aliphatic rings. The van der Waals surface area contributed by atoms with Gasteiger partial charge in [0.15, 0.2) is 0 Å². The number of unbranched alkanes of at least 4 members (excludes halogenated alkanes) is 3. The number of carbonyl (C=O) groups is 9. The molecule has 0 aliphatic carbocycles. The Bertz CT molecular complexity index is 3190. The van der Waals surface area contributed by atoms with E-state index in [-0.39, 0.29) is 80.1 Å². The van der Waals surface area contributed by atoms with Gasteiger partial charge in [-0.2, -0.15) is 8.78 Å². The number of morpholine rings is 1. The highest BCUT2D eigenvalue weighted by atomic mass is 32.1. The number of rotatable bonds is 15. The summed E-state index contributed by atoms with van der Waals surface area (Å²) in [6.45, 7) is 5.44. The van der Waals surface area contributed by atoms with Crippen molar-refractivity contribution in [2.24, 2.45) is 5.41 Å². The van der Waals surface area contributed by atoms with Crippen LogP contribution in [0, 0.1) is 17.3 Å². The number of piperidine rings is 1. The Morgan fingerprint density at radius 3 is 2.37 bits per heavy atom. The van der Waals surface area contributed by atoms with Crippen LogP contribution in [-0.4, -0.2) is 147 Å². The van der Waals surface area contributed by atoms with Crippen molar-refractivity contribution in [2.75, 3.05) is 45.9 Å². The second-order valence-corrected chi connectivity index (χ2v) is 23.2. The molecule has 0 radical (unpaired) electrons. The number of halogens is 2. The Morgan fingerprint density at radius 2 is 1.65 bits per heavy atom. The zero-order valence-electron chi connectivity index (χ0n) is 42.9. The first-order chi connectivity index (χ1) is 36.9. The molecular formula is C54H58F2N7O13PS. The molecule has 5 heterocycles. The summed E-state index contributed by atoms with van der Waals surface area (Å²) in [5.74, 6) is 0.573. The highest BCUT2D eigenvalue weighted by Gasteiger charge is 2.51. The molecule has 78 heavy (non-hydrogen) atoms. The Labute approximate surface area is 451 Å². The fourth-order valence-corrected chi connectivity index (χ4v) is 11.2. The van der Waals surface area contributed by atoms with Gasteiger partial charge in [0.05, 0.1) is 35.7 Å². The fourth-order valence-electron chi connectivity index (χ4n) is 9.77. The monoisotopic (exact) mass is 1110 g/mol. The van der Waals surface area contributed by atoms with Gasteiger partial charge in [-0.15, -0.1) is 11.3 Å². The molecule has 4 aliphatic heterocycles. The Kier molecular flexibility index (Phi) is 17.1. The molecule has 3 fully saturated rings. The van der Waals surface area contributed by atoms with Crippen LogP contribution in [0.3, 0.4) is 0 Å². The van der Waals surface area contributed by atoms with E-state index in [1.807, 2.05) is 30.3 Å². The Hall–Kier alpha value is -7.22. The van der Waals surface area contributed by atoms with E-state index in [1.54, 1.807) is 37.8 Å². The Balaban J connectivity index is 0.881. The van der Waals surface area contributed by atoms with Crippen LogP contribution in [0.5, 0.6) is 0 Å². The van der Waals surface area contributed by atoms with E-state index in [0.29, 0.717) is 35.9 Å². The number of alkyl halides is 2. The lowest BCUT2D eigenvalue weighted by Gasteiger charge is -2.45. The van der Waals surface area contributed by atoms with Crippen molar-refractivity contribution >= 4 is 82.2 Å². The normalized spacial score (nSPS) is 19.4. The number of nitrogens with one attached hydrogen (secondary N) is 3. The van der Waals surface area contributed by atoms with Crippen LogP contribution < -0.4 is 16.0 Å². The predicted molar refractivity (Wildman–Crippen MR) is 278 cm³/mol. The van der Waals surface area contributed by atoms with E-state index in [2.05, 4.69) is 27.8 Å². The quantitative estimate of drug-likeness (QED) is 0.0363. The molecule has 9 amide bonds. The van der Waals surface area contributed by atoms with Gasteiger partial charge in [-0.25, -0.2) is 0 Å². The van der Waals surface area contributed by atoms with E-state index in [0.717, 1.165) is 33.9 Å². The number of hydrogen-bond acceptors (Lipinski definition) is 12. The number of amides is 9. The van der Waals surface area contributed by atoms with E-state index in [1.165, 1.54) is 28.0 Å². The number of thiophene rings is 1. The topological polar surface area (TPSA) is 269 Å². The first-order valence-electron chi connectivity index (χ1n) is 25.4. The third kappa shape index (κ3) is 12.4. The van der Waals surface area contributed by atoms with Gasteiger partial charge < -0.3 is 39.9 Å². The summed E-state index contributed by atoms with van der Waals surface area (Å²) in [6, 6.07) is 14.7. The smallest absolute Gasteiger partial charge is 0.370 e. The number of nitrogens with zero attached hydrogens (tertiary/aromatic N) is 4. The van der Waals surface area contributed by atoms with Crippen LogP contribution in [0.2, 0.25) is 0 Å². The van der Waals surface area contributed by atoms with Crippen molar-refractivity contribution < 1.29 is 71.0 Å². The van der Waals surface area contributed by atoms with Crippen molar-refractivity contribution in [2.45, 2.75) is 95.6 Å². The lowest BCUT2D eigenvalue weighted by atomic mass is 9.85. The molecule has 412 valence electrons. The second kappa shape index (κ2) is 23.4. The van der Waals surface area contributed by atoms with Crippen LogP contribution >= 0.6 is 18.9 Å². The maximum absolute atomic E-state index is 14.8. The van der Waals surface area contributed by atoms with Crippen LogP contribution in [-0.2, 0) is 43.7 Å². The summed E-state index contributed by atoms with van der Waals surface area (Å²) < 4.78 is 47.1. The molecule has 5 N–H and O–H groups in total. The van der Waals surface area contributed by atoms with Crippen molar-refractivity contribution in [3.05, 3.63) is 105 Å². The molecule has 0 bridgehead atoms. The minimum absolute atomic E-state index is 0.0000458. The number of fused-ring (bicyclic) bond motifs is 2. The van der Waals surface area contributed by atoms with Gasteiger partial charge in [0.2, 0.25) is 35.4 Å². The second-order valence-electron chi connectivity index (χ2n) is 20.5. The van der Waals surface area contributed by atoms with E-state index < -0.39 is 108 Å². The van der Waals surface area contributed by atoms with Gasteiger partial charge in [-0.1, -0.05) is 81.5 Å². The van der Waals surface area contributed by atoms with Crippen LogP contribution in [0.4, 0.5) is 8.78 Å². The van der Waals surface area contributed by atoms with Crippen LogP contribution in [0.25, 0.3) is 10.1 Å². The number of hydrogen-bond donors (Lipinski definition) is 5. The lowest BCUT2D eigenvalue weighted by Crippen LogP contribution is -2.66. The van der Waals surface area contributed by atoms with Crippen molar-refractivity contribution in [1.29, 1.82) is 0 Å². The molecule has 4 aromatic rings. The SMILES string of the molecule is CC(C)(C)C(NC(=O)c1cc2cc(C(F)(F)P(=O)(O)O)ccc2s1)C(=O)N1CCN(C(=O)CC(=O)NCCCCCC#Cc2cccc3c2C(=O)N(C2CCC(=O)NC2=O)C3=O)C[C@H]1C(=O)N1CCO[C@H](c2ccccc2)C1. The first-order valence-corrected chi connectivity index (χ1v) is 27.8. The van der Waals surface area contributed by atoms with Gasteiger partial charge in [0.25, 0.3) is 17.7 Å². The van der Waals surface area contributed by atoms with E-state index >= 15 is 0 Å². The molecule has 3 aromatic carbocycles. The number of ether oxygens (including phenoxy) is 1. The van der Waals surface area contributed by atoms with E-state index in [9.17, 15) is 66.3 Å². The number of benzene rings is 3. The molecule has 8 rings (SSSR count). The summed E-state index contributed by atoms with van der Waals surface area (Å²) in [5.41, 5.74) is -4.98. The minimum Gasteiger partial charge on any atom is -0.370 e. The van der Waals surface area contributed by atoms with Crippen molar-refractivity contribution in [3.8, 4) is 11.8 Å². The molecule has 3 saturated heterocycles. The molecule has 20 nitrogen and oxygen atoms in total. The maximum Gasteiger partial charge on any atom is 0.399 e. The highest BCUT2D eigenvalue weighted by molar-refractivity contribution is 7.52. The van der Waals surface area contributed by atoms with Gasteiger partial charge in [-0.3, -0.25) is 57.9 Å². The molecular weight excluding hydrogens is 1060 g/mol. The summed E-state index contributed by atoms with van der Waals surface area (Å²) in [7, 11) is -5.87. The molecule has 0 saturated carbocycles. The summed E-state index contributed by atoms with van der Waals surface area (Å²) >= 11 is 0.916. The average molecular weight is 1110 g/mol. The summed E-state index contributed by atoms with van der Waals surface area (Å²) in [4.78, 5) is 145. The van der Waals surface area contributed by atoms with Crippen LogP contribution in [0.1, 0.15) is 119 Å². The Morgan fingerprint density at radius 1 is 0.897 bits per heavy atom. The third-order valence-corrected chi connectivity index (χ3v) is 16.1. The average Bonchev–Trinajstić information content (AvgIpc) is 4.01. The zero-order chi connectivity index (χ0) is 56.3. The summed E-state index contributed by atoms with van der Waals surface area (Å²) in [5, 5.41) is 7.83. The molecule has 1 aromatic heterocycles. The fraction of sp³-hybridized carbons (Fsp3) is 0.426. The van der Waals surface area contributed by atoms with Gasteiger partial charge in [0, 0.05) is 54.8 Å². The predicted octanol–water partition coefficient (Wildman–Crippen LogP) is 4.43. The summed E-state index contributed by atoms with van der Waals surface area (Å²) in [6.07, 6.45) is 1.26. The molecule has 0 spiro atoms. The minimum atomic E-state index is -5.87. The van der Waals surface area contributed by atoms with Crippen molar-refractivity contribution in [3.63, 3.8) is 0 Å². The molecule has 2 unspecified atom stereocenters. The van der Waals surface area contributed by atoms with Gasteiger partial charge in [-0.05, 0) is 66.0 Å². The van der Waals surface area contributed by atoms with Crippen molar-refractivity contribution in [1.82, 2.24) is 35.6 Å². The third-order valence-electron chi connectivity index (χ3n) is 14.0. The lowest BCUT2D eigenvalue weighted by molar-refractivity contribution is -0.158. The van der Waals surface area contributed by atoms with E-state index in [4.69, 9.17) is 4.74 Å². The molecule has 4 atom stereocenters. The number of piperazine rings is 1. The standard InChI is InChI=1S/C54H58F2N7O13PS/c1-53(2,3)46(59-48(68)41-28-34-27-35(18-20-40(34)78-41)54(55,56)77(73,74)75)52(72)62-24-23-60(30-38(62)50(70)61-25-26-76-39(31-61)32-13-9-7-10-14-32)44(66)29-43(65)57-22-11-6-4-5-8-15-33-16-12-17-36-45(33)51(71)63(49(36)69)37-19-21-42(64)58-47(37)67/h7,9-10,12-14,16-18,20,27-28,37-39,46H,4-6,11,19,21-26,29-31H2,1-3H3,(H,57,65)(H,59,68)(H,58,64,67)(H2,73,74,75)/t37?,38-,39-,46?/m0/s1. The number of imide groups is 2. The first kappa shape index (κ1) is 57.0. The van der Waals surface area contributed by atoms with Crippen LogP contribution in [0.15, 0.2) is 72.8 Å². The maximum atomic E-state index is 14.8. The largest absolute Gasteiger partial charge is 0.399 e. The number of carbonyl (C=O) groups excluding carboxylic acids is 9. The zero-order valence-corrected chi connectivity index (χ0v) is 44.6. The highest BCUT2D eigenvalue weighted by Crippen LogP contribution is 2.59. The van der Waals surface area contributed by atoms with Gasteiger partial charge >= 0.3 is 13.3 Å². The van der Waals surface area contributed by atoms with Gasteiger partial charge in [0.1, 0.15) is 30.7 Å².